The Kier molecular flexibility index (Phi) is 5.44. The van der Waals surface area contributed by atoms with Gasteiger partial charge in [-0.15, -0.1) is 0 Å². The summed E-state index contributed by atoms with van der Waals surface area (Å²) in [6.45, 7) is 0.375. The van der Waals surface area contributed by atoms with Gasteiger partial charge in [0.2, 0.25) is 0 Å². The SMILES string of the molecule is O=C(CNc1cccc(Cl)c1)OCc1ccc(Br)cc1. The number of ether oxygens (including phenoxy) is 1. The Balaban J connectivity index is 1.77. The zero-order chi connectivity index (χ0) is 14.4. The molecule has 0 unspecified atom stereocenters. The third-order valence-electron chi connectivity index (χ3n) is 2.57. The molecule has 0 aliphatic heterocycles. The Morgan fingerprint density at radius 3 is 2.65 bits per heavy atom. The van der Waals surface area contributed by atoms with Crippen LogP contribution in [-0.4, -0.2) is 12.5 Å². The van der Waals surface area contributed by atoms with Crippen molar-refractivity contribution < 1.29 is 9.53 Å². The molecule has 0 bridgehead atoms. The highest BCUT2D eigenvalue weighted by molar-refractivity contribution is 9.10. The standard InChI is InChI=1S/C15H13BrClNO2/c16-12-6-4-11(5-7-12)10-20-15(19)9-18-14-3-1-2-13(17)8-14/h1-8,18H,9-10H2. The van der Waals surface area contributed by atoms with Gasteiger partial charge in [0.05, 0.1) is 0 Å². The molecule has 2 rings (SSSR count). The number of hydrogen-bond donors (Lipinski definition) is 1. The lowest BCUT2D eigenvalue weighted by molar-refractivity contribution is -0.142. The molecule has 0 aliphatic rings. The number of rotatable bonds is 5. The molecule has 2 aromatic rings. The van der Waals surface area contributed by atoms with Crippen molar-refractivity contribution in [3.63, 3.8) is 0 Å². The van der Waals surface area contributed by atoms with E-state index in [-0.39, 0.29) is 19.1 Å². The molecule has 0 aromatic heterocycles. The fourth-order valence-electron chi connectivity index (χ4n) is 1.57. The van der Waals surface area contributed by atoms with Crippen LogP contribution in [0, 0.1) is 0 Å². The Bertz CT molecular complexity index is 587. The summed E-state index contributed by atoms with van der Waals surface area (Å²) >= 11 is 9.21. The van der Waals surface area contributed by atoms with Crippen molar-refractivity contribution in [2.45, 2.75) is 6.61 Å². The summed E-state index contributed by atoms with van der Waals surface area (Å²) < 4.78 is 6.17. The molecule has 1 N–H and O–H groups in total. The summed E-state index contributed by atoms with van der Waals surface area (Å²) in [4.78, 5) is 11.6. The average Bonchev–Trinajstić information content (AvgIpc) is 2.45. The zero-order valence-corrected chi connectivity index (χ0v) is 12.9. The Labute approximate surface area is 131 Å². The number of anilines is 1. The number of carbonyl (C=O) groups excluding carboxylic acids is 1. The van der Waals surface area contributed by atoms with E-state index in [1.807, 2.05) is 36.4 Å². The second kappa shape index (κ2) is 7.31. The van der Waals surface area contributed by atoms with E-state index in [2.05, 4.69) is 21.2 Å². The minimum atomic E-state index is -0.312. The maximum absolute atomic E-state index is 11.6. The van der Waals surface area contributed by atoms with E-state index < -0.39 is 0 Å². The molecule has 0 saturated heterocycles. The van der Waals surface area contributed by atoms with E-state index in [0.717, 1.165) is 15.7 Å². The van der Waals surface area contributed by atoms with E-state index in [4.69, 9.17) is 16.3 Å². The molecule has 0 atom stereocenters. The normalized spacial score (nSPS) is 10.1. The number of benzene rings is 2. The molecule has 0 spiro atoms. The highest BCUT2D eigenvalue weighted by Gasteiger charge is 2.03. The van der Waals surface area contributed by atoms with Crippen LogP contribution < -0.4 is 5.32 Å². The molecule has 0 radical (unpaired) electrons. The summed E-state index contributed by atoms with van der Waals surface area (Å²) in [6.07, 6.45) is 0. The molecule has 20 heavy (non-hydrogen) atoms. The van der Waals surface area contributed by atoms with Crippen molar-refractivity contribution in [2.75, 3.05) is 11.9 Å². The van der Waals surface area contributed by atoms with Gasteiger partial charge in [-0.05, 0) is 35.9 Å². The second-order valence-corrected chi connectivity index (χ2v) is 5.50. The molecule has 0 amide bonds. The molecule has 2 aromatic carbocycles. The van der Waals surface area contributed by atoms with E-state index in [1.165, 1.54) is 0 Å². The fourth-order valence-corrected chi connectivity index (χ4v) is 2.02. The first-order valence-electron chi connectivity index (χ1n) is 6.03. The summed E-state index contributed by atoms with van der Waals surface area (Å²) in [6, 6.07) is 14.8. The molecule has 5 heteroatoms. The van der Waals surface area contributed by atoms with Crippen LogP contribution >= 0.6 is 27.5 Å². The fraction of sp³-hybridized carbons (Fsp3) is 0.133. The third-order valence-corrected chi connectivity index (χ3v) is 3.34. The van der Waals surface area contributed by atoms with Gasteiger partial charge >= 0.3 is 5.97 Å². The van der Waals surface area contributed by atoms with Crippen LogP contribution in [0.25, 0.3) is 0 Å². The molecule has 0 aliphatic carbocycles. The van der Waals surface area contributed by atoms with Crippen LogP contribution in [0.5, 0.6) is 0 Å². The first kappa shape index (κ1) is 14.9. The van der Waals surface area contributed by atoms with Crippen LogP contribution in [0.2, 0.25) is 5.02 Å². The van der Waals surface area contributed by atoms with Crippen LogP contribution in [0.4, 0.5) is 5.69 Å². The van der Waals surface area contributed by atoms with Crippen molar-refractivity contribution in [3.05, 3.63) is 63.6 Å². The van der Waals surface area contributed by atoms with Crippen LogP contribution in [0.1, 0.15) is 5.56 Å². The monoisotopic (exact) mass is 353 g/mol. The number of hydrogen-bond acceptors (Lipinski definition) is 3. The van der Waals surface area contributed by atoms with E-state index in [0.29, 0.717) is 5.02 Å². The highest BCUT2D eigenvalue weighted by Crippen LogP contribution is 2.14. The van der Waals surface area contributed by atoms with Gasteiger partial charge < -0.3 is 10.1 Å². The highest BCUT2D eigenvalue weighted by atomic mass is 79.9. The van der Waals surface area contributed by atoms with Crippen molar-refractivity contribution in [1.82, 2.24) is 0 Å². The van der Waals surface area contributed by atoms with Crippen molar-refractivity contribution in [1.29, 1.82) is 0 Å². The second-order valence-electron chi connectivity index (χ2n) is 4.15. The lowest BCUT2D eigenvalue weighted by Gasteiger charge is -2.07. The van der Waals surface area contributed by atoms with Gasteiger partial charge in [-0.1, -0.05) is 45.7 Å². The molecule has 0 heterocycles. The van der Waals surface area contributed by atoms with Crippen molar-refractivity contribution >= 4 is 39.2 Å². The molecule has 0 fully saturated rings. The van der Waals surface area contributed by atoms with E-state index in [1.54, 1.807) is 12.1 Å². The van der Waals surface area contributed by atoms with Crippen LogP contribution in [-0.2, 0) is 16.1 Å². The maximum atomic E-state index is 11.6. The van der Waals surface area contributed by atoms with E-state index >= 15 is 0 Å². The Morgan fingerprint density at radius 1 is 1.20 bits per heavy atom. The van der Waals surface area contributed by atoms with Gasteiger partial charge in [0.1, 0.15) is 13.2 Å². The summed E-state index contributed by atoms with van der Waals surface area (Å²) in [5.74, 6) is -0.312. The topological polar surface area (TPSA) is 38.3 Å². The van der Waals surface area contributed by atoms with Gasteiger partial charge in [0.15, 0.2) is 0 Å². The lowest BCUT2D eigenvalue weighted by atomic mass is 10.2. The minimum absolute atomic E-state index is 0.108. The number of esters is 1. The predicted octanol–water partition coefficient (Wildman–Crippen LogP) is 4.26. The first-order valence-corrected chi connectivity index (χ1v) is 7.20. The average molecular weight is 355 g/mol. The lowest BCUT2D eigenvalue weighted by Crippen LogP contribution is -2.16. The number of halogens is 2. The van der Waals surface area contributed by atoms with Gasteiger partial charge in [0, 0.05) is 15.2 Å². The van der Waals surface area contributed by atoms with Gasteiger partial charge in [-0.25, -0.2) is 0 Å². The Morgan fingerprint density at radius 2 is 1.95 bits per heavy atom. The molecule has 0 saturated carbocycles. The van der Waals surface area contributed by atoms with Crippen LogP contribution in [0.3, 0.4) is 0 Å². The Hall–Kier alpha value is -1.52. The predicted molar refractivity (Wildman–Crippen MR) is 83.9 cm³/mol. The first-order chi connectivity index (χ1) is 9.63. The van der Waals surface area contributed by atoms with Gasteiger partial charge in [-0.3, -0.25) is 4.79 Å². The zero-order valence-electron chi connectivity index (χ0n) is 10.6. The number of carbonyl (C=O) groups is 1. The van der Waals surface area contributed by atoms with Gasteiger partial charge in [0.25, 0.3) is 0 Å². The molecule has 104 valence electrons. The third kappa shape index (κ3) is 4.87. The molecule has 3 nitrogen and oxygen atoms in total. The van der Waals surface area contributed by atoms with E-state index in [9.17, 15) is 4.79 Å². The quantitative estimate of drug-likeness (QED) is 0.815. The smallest absolute Gasteiger partial charge is 0.325 e. The van der Waals surface area contributed by atoms with Crippen molar-refractivity contribution in [2.24, 2.45) is 0 Å². The van der Waals surface area contributed by atoms with Gasteiger partial charge in [-0.2, -0.15) is 0 Å². The van der Waals surface area contributed by atoms with Crippen LogP contribution in [0.15, 0.2) is 53.0 Å². The summed E-state index contributed by atoms with van der Waals surface area (Å²) in [5.41, 5.74) is 1.74. The largest absolute Gasteiger partial charge is 0.460 e. The minimum Gasteiger partial charge on any atom is -0.460 e. The summed E-state index contributed by atoms with van der Waals surface area (Å²) in [7, 11) is 0. The molecular formula is C15H13BrClNO2. The summed E-state index contributed by atoms with van der Waals surface area (Å²) in [5, 5.41) is 3.59. The van der Waals surface area contributed by atoms with Crippen molar-refractivity contribution in [3.8, 4) is 0 Å². The maximum Gasteiger partial charge on any atom is 0.325 e. The molecular weight excluding hydrogens is 342 g/mol. The number of nitrogens with one attached hydrogen (secondary N) is 1.